The van der Waals surface area contributed by atoms with Gasteiger partial charge in [-0.2, -0.15) is 0 Å². The van der Waals surface area contributed by atoms with Crippen molar-refractivity contribution in [3.8, 4) is 5.75 Å². The van der Waals surface area contributed by atoms with Crippen LogP contribution in [-0.2, 0) is 0 Å². The van der Waals surface area contributed by atoms with Crippen LogP contribution >= 0.6 is 0 Å². The molecule has 1 unspecified atom stereocenters. The Labute approximate surface area is 118 Å². The second-order valence-corrected chi connectivity index (χ2v) is 4.74. The van der Waals surface area contributed by atoms with Crippen molar-refractivity contribution in [2.24, 2.45) is 0 Å². The first-order valence-corrected chi connectivity index (χ1v) is 6.49. The SMILES string of the molecule is COc1ccc(NC(C)c2c(C)nc(C)[nH]c2=O)cc1. The van der Waals surface area contributed by atoms with Crippen LogP contribution < -0.4 is 15.6 Å². The van der Waals surface area contributed by atoms with Gasteiger partial charge in [-0.1, -0.05) is 0 Å². The first-order chi connectivity index (χ1) is 9.51. The Bertz CT molecular complexity index is 647. The van der Waals surface area contributed by atoms with Gasteiger partial charge >= 0.3 is 0 Å². The fourth-order valence-electron chi connectivity index (χ4n) is 2.26. The van der Waals surface area contributed by atoms with Crippen LogP contribution in [0.4, 0.5) is 5.69 Å². The number of hydrogen-bond donors (Lipinski definition) is 2. The smallest absolute Gasteiger partial charge is 0.256 e. The zero-order valence-electron chi connectivity index (χ0n) is 12.2. The predicted molar refractivity (Wildman–Crippen MR) is 79.4 cm³/mol. The van der Waals surface area contributed by atoms with E-state index < -0.39 is 0 Å². The molecule has 2 N–H and O–H groups in total. The molecule has 0 spiro atoms. The molecule has 0 radical (unpaired) electrons. The average molecular weight is 273 g/mol. The summed E-state index contributed by atoms with van der Waals surface area (Å²) >= 11 is 0. The molecule has 5 heteroatoms. The minimum absolute atomic E-state index is 0.0940. The molecule has 1 aromatic heterocycles. The lowest BCUT2D eigenvalue weighted by Crippen LogP contribution is -2.23. The lowest BCUT2D eigenvalue weighted by molar-refractivity contribution is 0.415. The van der Waals surface area contributed by atoms with Crippen LogP contribution in [0.2, 0.25) is 0 Å². The van der Waals surface area contributed by atoms with Crippen LogP contribution in [0.3, 0.4) is 0 Å². The number of benzene rings is 1. The highest BCUT2D eigenvalue weighted by Crippen LogP contribution is 2.20. The van der Waals surface area contributed by atoms with Gasteiger partial charge in [-0.3, -0.25) is 4.79 Å². The minimum Gasteiger partial charge on any atom is -0.497 e. The highest BCUT2D eigenvalue weighted by molar-refractivity contribution is 5.48. The first-order valence-electron chi connectivity index (χ1n) is 6.49. The number of aromatic amines is 1. The fraction of sp³-hybridized carbons (Fsp3) is 0.333. The van der Waals surface area contributed by atoms with Crippen LogP contribution in [0.5, 0.6) is 5.75 Å². The van der Waals surface area contributed by atoms with Crippen molar-refractivity contribution in [2.45, 2.75) is 26.8 Å². The van der Waals surface area contributed by atoms with Crippen molar-refractivity contribution >= 4 is 5.69 Å². The number of aryl methyl sites for hydroxylation is 2. The highest BCUT2D eigenvalue weighted by atomic mass is 16.5. The Morgan fingerprint density at radius 2 is 1.90 bits per heavy atom. The Kier molecular flexibility index (Phi) is 4.08. The van der Waals surface area contributed by atoms with Gasteiger partial charge in [-0.15, -0.1) is 0 Å². The number of aromatic nitrogens is 2. The number of nitrogens with one attached hydrogen (secondary N) is 2. The van der Waals surface area contributed by atoms with Crippen LogP contribution in [0.25, 0.3) is 0 Å². The van der Waals surface area contributed by atoms with E-state index in [0.717, 1.165) is 17.1 Å². The number of rotatable bonds is 4. The molecule has 0 fully saturated rings. The number of ether oxygens (including phenoxy) is 1. The van der Waals surface area contributed by atoms with E-state index in [0.29, 0.717) is 11.4 Å². The first kappa shape index (κ1) is 14.1. The summed E-state index contributed by atoms with van der Waals surface area (Å²) in [6, 6.07) is 7.46. The molecule has 0 amide bonds. The molecule has 2 rings (SSSR count). The maximum absolute atomic E-state index is 12.0. The maximum Gasteiger partial charge on any atom is 0.256 e. The van der Waals surface area contributed by atoms with Crippen LogP contribution in [-0.4, -0.2) is 17.1 Å². The van der Waals surface area contributed by atoms with E-state index in [-0.39, 0.29) is 11.6 Å². The van der Waals surface area contributed by atoms with Gasteiger partial charge in [0.05, 0.1) is 24.4 Å². The molecule has 1 atom stereocenters. The molecule has 1 aromatic carbocycles. The van der Waals surface area contributed by atoms with E-state index >= 15 is 0 Å². The molecule has 1 heterocycles. The summed E-state index contributed by atoms with van der Waals surface area (Å²) in [4.78, 5) is 19.1. The predicted octanol–water partition coefficient (Wildman–Crippen LogP) is 2.57. The molecule has 0 bridgehead atoms. The summed E-state index contributed by atoms with van der Waals surface area (Å²) < 4.78 is 5.12. The summed E-state index contributed by atoms with van der Waals surface area (Å²) in [6.45, 7) is 5.57. The van der Waals surface area contributed by atoms with Gasteiger partial charge in [0.25, 0.3) is 5.56 Å². The lowest BCUT2D eigenvalue weighted by Gasteiger charge is -2.17. The third kappa shape index (κ3) is 2.99. The van der Waals surface area contributed by atoms with E-state index in [1.807, 2.05) is 38.1 Å². The van der Waals surface area contributed by atoms with Crippen molar-refractivity contribution in [3.05, 3.63) is 51.7 Å². The number of methoxy groups -OCH3 is 1. The van der Waals surface area contributed by atoms with E-state index in [1.165, 1.54) is 0 Å². The maximum atomic E-state index is 12.0. The van der Waals surface area contributed by atoms with Gasteiger partial charge in [0.1, 0.15) is 11.6 Å². The molecular weight excluding hydrogens is 254 g/mol. The molecular formula is C15H19N3O2. The van der Waals surface area contributed by atoms with E-state index in [1.54, 1.807) is 14.0 Å². The summed E-state index contributed by atoms with van der Waals surface area (Å²) in [6.07, 6.45) is 0. The van der Waals surface area contributed by atoms with Crippen molar-refractivity contribution < 1.29 is 4.74 Å². The van der Waals surface area contributed by atoms with Crippen LogP contribution in [0.15, 0.2) is 29.1 Å². The van der Waals surface area contributed by atoms with E-state index in [2.05, 4.69) is 15.3 Å². The van der Waals surface area contributed by atoms with E-state index in [4.69, 9.17) is 4.74 Å². The molecule has 0 aliphatic carbocycles. The molecule has 0 aliphatic rings. The Hall–Kier alpha value is -2.30. The molecule has 2 aromatic rings. The highest BCUT2D eigenvalue weighted by Gasteiger charge is 2.14. The van der Waals surface area contributed by atoms with E-state index in [9.17, 15) is 4.79 Å². The molecule has 106 valence electrons. The zero-order valence-corrected chi connectivity index (χ0v) is 12.2. The fourth-order valence-corrected chi connectivity index (χ4v) is 2.26. The van der Waals surface area contributed by atoms with Gasteiger partial charge in [-0.05, 0) is 45.0 Å². The number of anilines is 1. The number of hydrogen-bond acceptors (Lipinski definition) is 4. The third-order valence-electron chi connectivity index (χ3n) is 3.17. The number of nitrogens with zero attached hydrogens (tertiary/aromatic N) is 1. The van der Waals surface area contributed by atoms with Crippen LogP contribution in [0.1, 0.15) is 30.0 Å². The summed E-state index contributed by atoms with van der Waals surface area (Å²) in [5.74, 6) is 1.43. The van der Waals surface area contributed by atoms with Crippen molar-refractivity contribution in [1.29, 1.82) is 0 Å². The van der Waals surface area contributed by atoms with Gasteiger partial charge < -0.3 is 15.0 Å². The second-order valence-electron chi connectivity index (χ2n) is 4.74. The van der Waals surface area contributed by atoms with Crippen LogP contribution in [0, 0.1) is 13.8 Å². The zero-order chi connectivity index (χ0) is 14.7. The van der Waals surface area contributed by atoms with Crippen molar-refractivity contribution in [3.63, 3.8) is 0 Å². The van der Waals surface area contributed by atoms with Crippen molar-refractivity contribution in [1.82, 2.24) is 9.97 Å². The molecule has 0 aliphatic heterocycles. The summed E-state index contributed by atoms with van der Waals surface area (Å²) in [5, 5.41) is 3.30. The molecule has 0 saturated carbocycles. The minimum atomic E-state index is -0.125. The third-order valence-corrected chi connectivity index (χ3v) is 3.17. The quantitative estimate of drug-likeness (QED) is 0.898. The largest absolute Gasteiger partial charge is 0.497 e. The summed E-state index contributed by atoms with van der Waals surface area (Å²) in [5.41, 5.74) is 2.24. The molecule has 20 heavy (non-hydrogen) atoms. The topological polar surface area (TPSA) is 67.0 Å². The Morgan fingerprint density at radius 3 is 2.45 bits per heavy atom. The monoisotopic (exact) mass is 273 g/mol. The van der Waals surface area contributed by atoms with Gasteiger partial charge in [0.2, 0.25) is 0 Å². The summed E-state index contributed by atoms with van der Waals surface area (Å²) in [7, 11) is 1.63. The van der Waals surface area contributed by atoms with Gasteiger partial charge in [-0.25, -0.2) is 4.98 Å². The average Bonchev–Trinajstić information content (AvgIpc) is 2.38. The van der Waals surface area contributed by atoms with Crippen molar-refractivity contribution in [2.75, 3.05) is 12.4 Å². The molecule has 0 saturated heterocycles. The second kappa shape index (κ2) is 5.77. The Balaban J connectivity index is 2.23. The number of H-pyrrole nitrogens is 1. The standard InChI is InChI=1S/C15H19N3O2/c1-9-14(15(19)18-11(3)16-9)10(2)17-12-5-7-13(20-4)8-6-12/h5-8,10,17H,1-4H3,(H,16,18,19). The van der Waals surface area contributed by atoms with Gasteiger partial charge in [0.15, 0.2) is 0 Å². The molecule has 5 nitrogen and oxygen atoms in total. The van der Waals surface area contributed by atoms with Gasteiger partial charge in [0, 0.05) is 5.69 Å². The normalized spacial score (nSPS) is 12.0. The Morgan fingerprint density at radius 1 is 1.25 bits per heavy atom. The lowest BCUT2D eigenvalue weighted by atomic mass is 10.1.